The van der Waals surface area contributed by atoms with Crippen LogP contribution in [0.3, 0.4) is 0 Å². The molecule has 0 amide bonds. The molecule has 39 heavy (non-hydrogen) atoms. The van der Waals surface area contributed by atoms with E-state index in [2.05, 4.69) is 71.0 Å². The molecule has 5 heteroatoms. The molecule has 0 fully saturated rings. The molecule has 0 aliphatic rings. The molecule has 0 atom stereocenters. The highest BCUT2D eigenvalue weighted by atomic mass is 32.2. The van der Waals surface area contributed by atoms with E-state index >= 15 is 0 Å². The third kappa shape index (κ3) is 6.54. The predicted octanol–water partition coefficient (Wildman–Crippen LogP) is 8.72. The van der Waals surface area contributed by atoms with Gasteiger partial charge in [0, 0.05) is 5.41 Å². The molecule has 0 saturated heterocycles. The van der Waals surface area contributed by atoms with Crippen molar-refractivity contribution in [3.05, 3.63) is 114 Å². The number of rotatable bonds is 8. The van der Waals surface area contributed by atoms with E-state index in [1.807, 2.05) is 26.0 Å². The van der Waals surface area contributed by atoms with Crippen LogP contribution in [-0.2, 0) is 20.7 Å². The maximum atomic E-state index is 13.1. The first-order valence-electron chi connectivity index (χ1n) is 13.3. The van der Waals surface area contributed by atoms with Crippen LogP contribution in [0, 0.1) is 0 Å². The molecule has 4 rings (SSSR count). The quantitative estimate of drug-likeness (QED) is 0.223. The molecule has 0 aromatic heterocycles. The summed E-state index contributed by atoms with van der Waals surface area (Å²) in [5.41, 5.74) is 3.72. The van der Waals surface area contributed by atoms with Gasteiger partial charge in [-0.3, -0.25) is 0 Å². The number of hydrogen-bond acceptors (Lipinski definition) is 4. The van der Waals surface area contributed by atoms with Gasteiger partial charge in [-0.2, -0.15) is 0 Å². The Balaban J connectivity index is 1.45. The fourth-order valence-electron chi connectivity index (χ4n) is 4.42. The summed E-state index contributed by atoms with van der Waals surface area (Å²) < 4.78 is 37.8. The molecule has 0 aliphatic heterocycles. The number of ether oxygens (including phenoxy) is 2. The van der Waals surface area contributed by atoms with Crippen LogP contribution < -0.4 is 9.47 Å². The zero-order chi connectivity index (χ0) is 28.4. The van der Waals surface area contributed by atoms with Gasteiger partial charge >= 0.3 is 0 Å². The van der Waals surface area contributed by atoms with E-state index in [1.54, 1.807) is 48.5 Å². The standard InChI is InChI=1S/C34H38O4S/c1-24(2)37-28-16-20-31(21-17-28)39(35,36)32-22-18-30(19-23-32)38-29-14-12-27(13-15-29)34(6,7)26-10-8-25(9-11-26)33(3,4)5/h8-24H,1-7H3. The molecule has 0 unspecified atom stereocenters. The number of hydrogen-bond donors (Lipinski definition) is 0. The summed E-state index contributed by atoms with van der Waals surface area (Å²) in [5.74, 6) is 1.90. The fraction of sp³-hybridized carbons (Fsp3) is 0.294. The van der Waals surface area contributed by atoms with E-state index in [1.165, 1.54) is 16.7 Å². The molecule has 4 aromatic carbocycles. The second-order valence-electron chi connectivity index (χ2n) is 11.7. The lowest BCUT2D eigenvalue weighted by molar-refractivity contribution is 0.242. The zero-order valence-corrected chi connectivity index (χ0v) is 24.7. The molecule has 4 nitrogen and oxygen atoms in total. The predicted molar refractivity (Wildman–Crippen MR) is 158 cm³/mol. The van der Waals surface area contributed by atoms with Gasteiger partial charge in [0.2, 0.25) is 9.84 Å². The van der Waals surface area contributed by atoms with Gasteiger partial charge < -0.3 is 9.47 Å². The maximum absolute atomic E-state index is 13.1. The Morgan fingerprint density at radius 2 is 0.897 bits per heavy atom. The van der Waals surface area contributed by atoms with Crippen molar-refractivity contribution in [1.29, 1.82) is 0 Å². The third-order valence-electron chi connectivity index (χ3n) is 6.92. The second kappa shape index (κ2) is 10.9. The summed E-state index contributed by atoms with van der Waals surface area (Å²) >= 11 is 0. The molecule has 0 saturated carbocycles. The molecule has 0 aliphatic carbocycles. The van der Waals surface area contributed by atoms with Crippen LogP contribution in [0.5, 0.6) is 17.2 Å². The Hall–Kier alpha value is -3.57. The molecule has 0 spiro atoms. The average molecular weight is 543 g/mol. The van der Waals surface area contributed by atoms with Crippen LogP contribution in [0.15, 0.2) is 107 Å². The van der Waals surface area contributed by atoms with E-state index < -0.39 is 9.84 Å². The molecular formula is C34H38O4S. The lowest BCUT2D eigenvalue weighted by Crippen LogP contribution is -2.19. The van der Waals surface area contributed by atoms with Crippen molar-refractivity contribution >= 4 is 9.84 Å². The van der Waals surface area contributed by atoms with Gasteiger partial charge in [0.15, 0.2) is 0 Å². The summed E-state index contributed by atoms with van der Waals surface area (Å²) in [6, 6.07) is 29.9. The minimum atomic E-state index is -3.64. The van der Waals surface area contributed by atoms with Gasteiger partial charge in [-0.1, -0.05) is 71.0 Å². The smallest absolute Gasteiger partial charge is 0.206 e. The first kappa shape index (κ1) is 28.4. The summed E-state index contributed by atoms with van der Waals surface area (Å²) in [6.07, 6.45) is 0.0217. The first-order valence-corrected chi connectivity index (χ1v) is 14.8. The highest BCUT2D eigenvalue weighted by Gasteiger charge is 2.24. The van der Waals surface area contributed by atoms with Crippen molar-refractivity contribution in [2.75, 3.05) is 0 Å². The van der Waals surface area contributed by atoms with E-state index in [0.29, 0.717) is 17.2 Å². The van der Waals surface area contributed by atoms with Gasteiger partial charge in [0.25, 0.3) is 0 Å². The molecule has 0 N–H and O–H groups in total. The van der Waals surface area contributed by atoms with Crippen LogP contribution in [0.25, 0.3) is 0 Å². The van der Waals surface area contributed by atoms with Gasteiger partial charge in [0.1, 0.15) is 17.2 Å². The monoisotopic (exact) mass is 542 g/mol. The second-order valence-corrected chi connectivity index (χ2v) is 13.6. The van der Waals surface area contributed by atoms with Crippen molar-refractivity contribution in [2.45, 2.75) is 75.2 Å². The van der Waals surface area contributed by atoms with Crippen molar-refractivity contribution < 1.29 is 17.9 Å². The zero-order valence-electron chi connectivity index (χ0n) is 23.9. The summed E-state index contributed by atoms with van der Waals surface area (Å²) in [7, 11) is -3.64. The Morgan fingerprint density at radius 3 is 1.31 bits per heavy atom. The summed E-state index contributed by atoms with van der Waals surface area (Å²) in [4.78, 5) is 0.431. The SMILES string of the molecule is CC(C)Oc1ccc(S(=O)(=O)c2ccc(Oc3ccc(C(C)(C)c4ccc(C(C)(C)C)cc4)cc3)cc2)cc1. The van der Waals surface area contributed by atoms with Crippen molar-refractivity contribution in [3.8, 4) is 17.2 Å². The van der Waals surface area contributed by atoms with Crippen LogP contribution in [0.4, 0.5) is 0 Å². The Bertz CT molecular complexity index is 1490. The Labute approximate surface area is 233 Å². The van der Waals surface area contributed by atoms with E-state index in [0.717, 1.165) is 0 Å². The molecule has 204 valence electrons. The van der Waals surface area contributed by atoms with Crippen LogP contribution >= 0.6 is 0 Å². The van der Waals surface area contributed by atoms with E-state index in [4.69, 9.17) is 9.47 Å². The normalized spacial score (nSPS) is 12.4. The lowest BCUT2D eigenvalue weighted by Gasteiger charge is -2.28. The van der Waals surface area contributed by atoms with Gasteiger partial charge in [-0.25, -0.2) is 8.42 Å². The topological polar surface area (TPSA) is 52.6 Å². The average Bonchev–Trinajstić information content (AvgIpc) is 2.89. The fourth-order valence-corrected chi connectivity index (χ4v) is 5.68. The van der Waals surface area contributed by atoms with Gasteiger partial charge in [-0.05, 0) is 96.6 Å². The number of sulfone groups is 1. The van der Waals surface area contributed by atoms with Crippen LogP contribution in [0.2, 0.25) is 0 Å². The Morgan fingerprint density at radius 1 is 0.538 bits per heavy atom. The number of benzene rings is 4. The van der Waals surface area contributed by atoms with Crippen LogP contribution in [0.1, 0.15) is 65.2 Å². The highest BCUT2D eigenvalue weighted by Crippen LogP contribution is 2.35. The van der Waals surface area contributed by atoms with E-state index in [-0.39, 0.29) is 26.7 Å². The van der Waals surface area contributed by atoms with Crippen LogP contribution in [-0.4, -0.2) is 14.5 Å². The lowest BCUT2D eigenvalue weighted by atomic mass is 9.77. The minimum Gasteiger partial charge on any atom is -0.491 e. The third-order valence-corrected chi connectivity index (χ3v) is 8.71. The maximum Gasteiger partial charge on any atom is 0.206 e. The first-order chi connectivity index (χ1) is 18.3. The van der Waals surface area contributed by atoms with Crippen molar-refractivity contribution in [2.24, 2.45) is 0 Å². The van der Waals surface area contributed by atoms with Crippen molar-refractivity contribution in [1.82, 2.24) is 0 Å². The molecule has 4 aromatic rings. The Kier molecular flexibility index (Phi) is 7.94. The molecule has 0 radical (unpaired) electrons. The summed E-state index contributed by atoms with van der Waals surface area (Å²) in [5, 5.41) is 0. The van der Waals surface area contributed by atoms with Gasteiger partial charge in [0.05, 0.1) is 15.9 Å². The van der Waals surface area contributed by atoms with Crippen molar-refractivity contribution in [3.63, 3.8) is 0 Å². The largest absolute Gasteiger partial charge is 0.491 e. The molecule has 0 heterocycles. The highest BCUT2D eigenvalue weighted by molar-refractivity contribution is 7.91. The van der Waals surface area contributed by atoms with Gasteiger partial charge in [-0.15, -0.1) is 0 Å². The molecule has 0 bridgehead atoms. The molecular weight excluding hydrogens is 504 g/mol. The van der Waals surface area contributed by atoms with E-state index in [9.17, 15) is 8.42 Å². The minimum absolute atomic E-state index is 0.0217. The summed E-state index contributed by atoms with van der Waals surface area (Å²) in [6.45, 7) is 15.0.